The van der Waals surface area contributed by atoms with Gasteiger partial charge < -0.3 is 0 Å². The minimum absolute atomic E-state index is 0.672. The molecule has 0 atom stereocenters. The summed E-state index contributed by atoms with van der Waals surface area (Å²) in [6, 6.07) is 26.7. The van der Waals surface area contributed by atoms with Gasteiger partial charge in [0.2, 0.25) is 0 Å². The van der Waals surface area contributed by atoms with E-state index in [2.05, 4.69) is 63.4 Å². The van der Waals surface area contributed by atoms with Crippen LogP contribution in [0.2, 0.25) is 0 Å². The van der Waals surface area contributed by atoms with Crippen molar-refractivity contribution in [3.63, 3.8) is 0 Å². The smallest absolute Gasteiger partial charge is 0.163 e. The molecule has 0 aliphatic heterocycles. The standard InChI is InChI=1S/C23H14BrN3/c24-19-8-3-7-18(14-19)22-26-21(20-9-4-12-25-23(20)27-22)17-11-10-15-5-1-2-6-16(15)13-17/h1-14H. The van der Waals surface area contributed by atoms with E-state index in [1.54, 1.807) is 6.20 Å². The molecule has 27 heavy (non-hydrogen) atoms. The molecule has 2 heterocycles. The molecule has 0 bridgehead atoms. The first-order valence-corrected chi connectivity index (χ1v) is 9.45. The lowest BCUT2D eigenvalue weighted by molar-refractivity contribution is 1.19. The summed E-state index contributed by atoms with van der Waals surface area (Å²) >= 11 is 3.53. The molecule has 0 saturated heterocycles. The summed E-state index contributed by atoms with van der Waals surface area (Å²) in [7, 11) is 0. The van der Waals surface area contributed by atoms with E-state index in [4.69, 9.17) is 9.97 Å². The van der Waals surface area contributed by atoms with E-state index in [9.17, 15) is 0 Å². The number of aromatic nitrogens is 3. The summed E-state index contributed by atoms with van der Waals surface area (Å²) in [6.45, 7) is 0. The lowest BCUT2D eigenvalue weighted by atomic mass is 10.0. The van der Waals surface area contributed by atoms with Crippen LogP contribution in [0.5, 0.6) is 0 Å². The molecule has 0 fully saturated rings. The molecule has 3 nitrogen and oxygen atoms in total. The Kier molecular flexibility index (Phi) is 3.91. The number of nitrogens with zero attached hydrogens (tertiary/aromatic N) is 3. The molecule has 5 rings (SSSR count). The summed E-state index contributed by atoms with van der Waals surface area (Å²) in [5.74, 6) is 0.672. The van der Waals surface area contributed by atoms with E-state index in [0.29, 0.717) is 11.5 Å². The highest BCUT2D eigenvalue weighted by Crippen LogP contribution is 2.30. The summed E-state index contributed by atoms with van der Waals surface area (Å²) in [5.41, 5.74) is 3.61. The Bertz CT molecular complexity index is 1300. The van der Waals surface area contributed by atoms with Gasteiger partial charge in [0.15, 0.2) is 11.5 Å². The van der Waals surface area contributed by atoms with Crippen LogP contribution in [-0.2, 0) is 0 Å². The fourth-order valence-electron chi connectivity index (χ4n) is 3.28. The van der Waals surface area contributed by atoms with E-state index < -0.39 is 0 Å². The van der Waals surface area contributed by atoms with Crippen molar-refractivity contribution in [1.82, 2.24) is 15.0 Å². The predicted octanol–water partition coefficient (Wildman–Crippen LogP) is 6.27. The van der Waals surface area contributed by atoms with Crippen LogP contribution in [0, 0.1) is 0 Å². The van der Waals surface area contributed by atoms with Crippen LogP contribution < -0.4 is 0 Å². The summed E-state index contributed by atoms with van der Waals surface area (Å²) in [4.78, 5) is 14.1. The molecule has 2 aromatic heterocycles. The molecule has 128 valence electrons. The first kappa shape index (κ1) is 16.1. The van der Waals surface area contributed by atoms with Gasteiger partial charge in [-0.15, -0.1) is 0 Å². The minimum atomic E-state index is 0.672. The molecule has 0 aliphatic rings. The molecule has 0 aliphatic carbocycles. The number of benzene rings is 3. The van der Waals surface area contributed by atoms with Crippen molar-refractivity contribution in [2.24, 2.45) is 0 Å². The Morgan fingerprint density at radius 2 is 1.56 bits per heavy atom. The highest BCUT2D eigenvalue weighted by molar-refractivity contribution is 9.10. The monoisotopic (exact) mass is 411 g/mol. The zero-order chi connectivity index (χ0) is 18.2. The number of fused-ring (bicyclic) bond motifs is 2. The van der Waals surface area contributed by atoms with Crippen molar-refractivity contribution in [3.05, 3.63) is 89.5 Å². The fourth-order valence-corrected chi connectivity index (χ4v) is 3.67. The molecule has 5 aromatic rings. The van der Waals surface area contributed by atoms with Gasteiger partial charge in [0.05, 0.1) is 5.69 Å². The van der Waals surface area contributed by atoms with Gasteiger partial charge in [-0.1, -0.05) is 64.5 Å². The van der Waals surface area contributed by atoms with Crippen molar-refractivity contribution < 1.29 is 0 Å². The molecule has 0 N–H and O–H groups in total. The van der Waals surface area contributed by atoms with E-state index in [1.807, 2.05) is 36.4 Å². The predicted molar refractivity (Wildman–Crippen MR) is 113 cm³/mol. The first-order chi connectivity index (χ1) is 13.3. The Morgan fingerprint density at radius 3 is 2.44 bits per heavy atom. The highest BCUT2D eigenvalue weighted by atomic mass is 79.9. The first-order valence-electron chi connectivity index (χ1n) is 8.66. The summed E-state index contributed by atoms with van der Waals surface area (Å²) in [6.07, 6.45) is 1.77. The highest BCUT2D eigenvalue weighted by Gasteiger charge is 2.12. The summed E-state index contributed by atoms with van der Waals surface area (Å²) < 4.78 is 0.997. The van der Waals surface area contributed by atoms with Crippen molar-refractivity contribution in [1.29, 1.82) is 0 Å². The van der Waals surface area contributed by atoms with Crippen LogP contribution >= 0.6 is 15.9 Å². The van der Waals surface area contributed by atoms with Crippen LogP contribution in [0.1, 0.15) is 0 Å². The third-order valence-electron chi connectivity index (χ3n) is 4.58. The second-order valence-corrected chi connectivity index (χ2v) is 7.26. The number of hydrogen-bond donors (Lipinski definition) is 0. The summed E-state index contributed by atoms with van der Waals surface area (Å²) in [5, 5.41) is 3.35. The molecular formula is C23H14BrN3. The number of pyridine rings is 1. The molecule has 0 amide bonds. The molecule has 0 unspecified atom stereocenters. The molecule has 4 heteroatoms. The maximum Gasteiger partial charge on any atom is 0.163 e. The maximum absolute atomic E-state index is 4.92. The Hall–Kier alpha value is -3.11. The fraction of sp³-hybridized carbons (Fsp3) is 0. The Labute approximate surface area is 164 Å². The average molecular weight is 412 g/mol. The van der Waals surface area contributed by atoms with Crippen molar-refractivity contribution in [3.8, 4) is 22.6 Å². The van der Waals surface area contributed by atoms with Crippen molar-refractivity contribution in [2.75, 3.05) is 0 Å². The van der Waals surface area contributed by atoms with Gasteiger partial charge in [0.1, 0.15) is 0 Å². The third kappa shape index (κ3) is 2.98. The van der Waals surface area contributed by atoms with Gasteiger partial charge in [-0.3, -0.25) is 0 Å². The van der Waals surface area contributed by atoms with Gasteiger partial charge in [-0.05, 0) is 41.1 Å². The SMILES string of the molecule is Brc1cccc(-c2nc(-c3ccc4ccccc4c3)c3cccnc3n2)c1. The van der Waals surface area contributed by atoms with Gasteiger partial charge in [-0.2, -0.15) is 0 Å². The van der Waals surface area contributed by atoms with Crippen LogP contribution in [0.3, 0.4) is 0 Å². The van der Waals surface area contributed by atoms with Gasteiger partial charge >= 0.3 is 0 Å². The quantitative estimate of drug-likeness (QED) is 0.343. The van der Waals surface area contributed by atoms with Crippen LogP contribution in [0.4, 0.5) is 0 Å². The third-order valence-corrected chi connectivity index (χ3v) is 5.07. The number of halogens is 1. The minimum Gasteiger partial charge on any atom is -0.236 e. The lowest BCUT2D eigenvalue weighted by Gasteiger charge is -2.10. The van der Waals surface area contributed by atoms with E-state index >= 15 is 0 Å². The zero-order valence-corrected chi connectivity index (χ0v) is 15.9. The zero-order valence-electron chi connectivity index (χ0n) is 14.3. The van der Waals surface area contributed by atoms with Gasteiger partial charge in [-0.25, -0.2) is 15.0 Å². The second kappa shape index (κ2) is 6.56. The van der Waals surface area contributed by atoms with Gasteiger partial charge in [0, 0.05) is 27.2 Å². The van der Waals surface area contributed by atoms with Crippen molar-refractivity contribution in [2.45, 2.75) is 0 Å². The van der Waals surface area contributed by atoms with Crippen molar-refractivity contribution >= 4 is 37.7 Å². The van der Waals surface area contributed by atoms with E-state index in [1.165, 1.54) is 10.8 Å². The molecular weight excluding hydrogens is 398 g/mol. The lowest BCUT2D eigenvalue weighted by Crippen LogP contribution is -1.96. The largest absolute Gasteiger partial charge is 0.236 e. The van der Waals surface area contributed by atoms with E-state index in [0.717, 1.165) is 26.7 Å². The van der Waals surface area contributed by atoms with Crippen LogP contribution in [-0.4, -0.2) is 15.0 Å². The Balaban J connectivity index is 1.79. The topological polar surface area (TPSA) is 38.7 Å². The maximum atomic E-state index is 4.92. The normalized spacial score (nSPS) is 11.1. The number of rotatable bonds is 2. The molecule has 3 aromatic carbocycles. The molecule has 0 spiro atoms. The second-order valence-electron chi connectivity index (χ2n) is 6.34. The average Bonchev–Trinajstić information content (AvgIpc) is 2.72. The molecule has 0 radical (unpaired) electrons. The van der Waals surface area contributed by atoms with Crippen LogP contribution in [0.15, 0.2) is 89.5 Å². The van der Waals surface area contributed by atoms with Gasteiger partial charge in [0.25, 0.3) is 0 Å². The van der Waals surface area contributed by atoms with Crippen LogP contribution in [0.25, 0.3) is 44.5 Å². The molecule has 0 saturated carbocycles. The number of hydrogen-bond acceptors (Lipinski definition) is 3. The van der Waals surface area contributed by atoms with E-state index in [-0.39, 0.29) is 0 Å². The Morgan fingerprint density at radius 1 is 0.667 bits per heavy atom.